The molecular formula is C17H17N3O3. The van der Waals surface area contributed by atoms with Crippen LogP contribution in [0.4, 0.5) is 0 Å². The van der Waals surface area contributed by atoms with Gasteiger partial charge in [-0.2, -0.15) is 9.61 Å². The van der Waals surface area contributed by atoms with Crippen LogP contribution in [0.25, 0.3) is 5.65 Å². The molecule has 0 fully saturated rings. The number of ether oxygens (including phenoxy) is 1. The Hall–Kier alpha value is -2.89. The van der Waals surface area contributed by atoms with E-state index in [9.17, 15) is 9.90 Å². The molecule has 6 heteroatoms. The van der Waals surface area contributed by atoms with E-state index < -0.39 is 5.97 Å². The molecular weight excluding hydrogens is 294 g/mol. The fourth-order valence-corrected chi connectivity index (χ4v) is 2.48. The van der Waals surface area contributed by atoms with Gasteiger partial charge in [-0.15, -0.1) is 0 Å². The number of aryl methyl sites for hydroxylation is 1. The van der Waals surface area contributed by atoms with Gasteiger partial charge in [-0.25, -0.2) is 9.78 Å². The summed E-state index contributed by atoms with van der Waals surface area (Å²) in [6, 6.07) is 9.80. The summed E-state index contributed by atoms with van der Waals surface area (Å²) in [5, 5.41) is 14.6. The lowest BCUT2D eigenvalue weighted by Gasteiger charge is -2.10. The van der Waals surface area contributed by atoms with E-state index in [1.54, 1.807) is 13.8 Å². The minimum Gasteiger partial charge on any atom is -0.493 e. The van der Waals surface area contributed by atoms with E-state index in [4.69, 9.17) is 4.74 Å². The molecule has 0 aliphatic heterocycles. The molecule has 6 nitrogen and oxygen atoms in total. The highest BCUT2D eigenvalue weighted by Gasteiger charge is 2.20. The fraction of sp³-hybridized carbons (Fsp3) is 0.235. The SMILES string of the molecule is CCOC(=O)c1cnn2c(O)c(Cc3ccccc3)c(C)nc12. The maximum Gasteiger partial charge on any atom is 0.343 e. The summed E-state index contributed by atoms with van der Waals surface area (Å²) in [6.07, 6.45) is 1.90. The summed E-state index contributed by atoms with van der Waals surface area (Å²) < 4.78 is 6.26. The van der Waals surface area contributed by atoms with Gasteiger partial charge in [0.1, 0.15) is 5.56 Å². The predicted molar refractivity (Wildman–Crippen MR) is 84.6 cm³/mol. The Morgan fingerprint density at radius 1 is 1.30 bits per heavy atom. The van der Waals surface area contributed by atoms with Crippen LogP contribution in [0.1, 0.15) is 34.1 Å². The Morgan fingerprint density at radius 3 is 2.74 bits per heavy atom. The van der Waals surface area contributed by atoms with Gasteiger partial charge in [-0.1, -0.05) is 30.3 Å². The first-order valence-electron chi connectivity index (χ1n) is 7.39. The van der Waals surface area contributed by atoms with Crippen LogP contribution in [-0.2, 0) is 11.2 Å². The monoisotopic (exact) mass is 311 g/mol. The molecule has 2 heterocycles. The van der Waals surface area contributed by atoms with Crippen molar-refractivity contribution in [3.8, 4) is 5.88 Å². The molecule has 0 amide bonds. The number of aromatic hydroxyl groups is 1. The van der Waals surface area contributed by atoms with Gasteiger partial charge in [-0.05, 0) is 19.4 Å². The van der Waals surface area contributed by atoms with Crippen LogP contribution in [-0.4, -0.2) is 32.3 Å². The number of hydrogen-bond acceptors (Lipinski definition) is 5. The highest BCUT2D eigenvalue weighted by Crippen LogP contribution is 2.25. The summed E-state index contributed by atoms with van der Waals surface area (Å²) in [6.45, 7) is 3.81. The van der Waals surface area contributed by atoms with Crippen LogP contribution >= 0.6 is 0 Å². The van der Waals surface area contributed by atoms with Crippen molar-refractivity contribution < 1.29 is 14.6 Å². The molecule has 0 radical (unpaired) electrons. The first-order valence-corrected chi connectivity index (χ1v) is 7.39. The van der Waals surface area contributed by atoms with Crippen LogP contribution in [0.2, 0.25) is 0 Å². The molecule has 1 aromatic carbocycles. The summed E-state index contributed by atoms with van der Waals surface area (Å²) in [5.41, 5.74) is 2.95. The highest BCUT2D eigenvalue weighted by atomic mass is 16.5. The Kier molecular flexibility index (Phi) is 3.97. The Morgan fingerprint density at radius 2 is 2.04 bits per heavy atom. The molecule has 3 aromatic rings. The van der Waals surface area contributed by atoms with Gasteiger partial charge < -0.3 is 9.84 Å². The molecule has 0 bridgehead atoms. The van der Waals surface area contributed by atoms with E-state index >= 15 is 0 Å². The topological polar surface area (TPSA) is 76.7 Å². The third-order valence-electron chi connectivity index (χ3n) is 3.64. The lowest BCUT2D eigenvalue weighted by molar-refractivity contribution is 0.0528. The number of aromatic nitrogens is 3. The van der Waals surface area contributed by atoms with Crippen molar-refractivity contribution in [3.05, 3.63) is 58.9 Å². The molecule has 0 spiro atoms. The molecule has 23 heavy (non-hydrogen) atoms. The number of esters is 1. The number of hydrogen-bond donors (Lipinski definition) is 1. The number of benzene rings is 1. The zero-order valence-corrected chi connectivity index (χ0v) is 13.0. The van der Waals surface area contributed by atoms with E-state index in [1.165, 1.54) is 10.7 Å². The molecule has 0 atom stereocenters. The van der Waals surface area contributed by atoms with Gasteiger partial charge in [-0.3, -0.25) is 0 Å². The number of carbonyl (C=O) groups is 1. The smallest absolute Gasteiger partial charge is 0.343 e. The number of carbonyl (C=O) groups excluding carboxylic acids is 1. The van der Waals surface area contributed by atoms with E-state index in [-0.39, 0.29) is 18.1 Å². The maximum absolute atomic E-state index is 11.9. The molecule has 2 aromatic heterocycles. The van der Waals surface area contributed by atoms with Gasteiger partial charge in [0.25, 0.3) is 0 Å². The molecule has 0 aliphatic rings. The summed E-state index contributed by atoms with van der Waals surface area (Å²) in [4.78, 5) is 16.4. The molecule has 3 rings (SSSR count). The second-order valence-electron chi connectivity index (χ2n) is 5.18. The van der Waals surface area contributed by atoms with Gasteiger partial charge in [0, 0.05) is 17.7 Å². The average Bonchev–Trinajstić information content (AvgIpc) is 2.96. The van der Waals surface area contributed by atoms with E-state index in [0.717, 1.165) is 5.56 Å². The van der Waals surface area contributed by atoms with Crippen molar-refractivity contribution >= 4 is 11.6 Å². The molecule has 0 aliphatic carbocycles. The summed E-state index contributed by atoms with van der Waals surface area (Å²) in [7, 11) is 0. The lowest BCUT2D eigenvalue weighted by atomic mass is 10.0. The molecule has 0 unspecified atom stereocenters. The maximum atomic E-state index is 11.9. The number of nitrogens with zero attached hydrogens (tertiary/aromatic N) is 3. The Bertz CT molecular complexity index is 856. The zero-order chi connectivity index (χ0) is 16.4. The van der Waals surface area contributed by atoms with Crippen molar-refractivity contribution in [2.75, 3.05) is 6.61 Å². The zero-order valence-electron chi connectivity index (χ0n) is 13.0. The Balaban J connectivity index is 2.07. The van der Waals surface area contributed by atoms with Gasteiger partial charge in [0.05, 0.1) is 12.8 Å². The van der Waals surface area contributed by atoms with Gasteiger partial charge >= 0.3 is 5.97 Å². The van der Waals surface area contributed by atoms with Crippen molar-refractivity contribution in [1.82, 2.24) is 14.6 Å². The van der Waals surface area contributed by atoms with Crippen LogP contribution in [0.5, 0.6) is 5.88 Å². The summed E-state index contributed by atoms with van der Waals surface area (Å²) >= 11 is 0. The van der Waals surface area contributed by atoms with Crippen LogP contribution in [0.15, 0.2) is 36.5 Å². The molecule has 118 valence electrons. The first kappa shape index (κ1) is 15.0. The van der Waals surface area contributed by atoms with Crippen molar-refractivity contribution in [1.29, 1.82) is 0 Å². The van der Waals surface area contributed by atoms with E-state index in [1.807, 2.05) is 30.3 Å². The van der Waals surface area contributed by atoms with Gasteiger partial charge in [0.15, 0.2) is 5.65 Å². The standard InChI is InChI=1S/C17H17N3O3/c1-3-23-17(22)14-10-18-20-15(14)19-11(2)13(16(20)21)9-12-7-5-4-6-8-12/h4-8,10,21H,3,9H2,1-2H3. The second-order valence-corrected chi connectivity index (χ2v) is 5.18. The van der Waals surface area contributed by atoms with Crippen molar-refractivity contribution in [2.24, 2.45) is 0 Å². The lowest BCUT2D eigenvalue weighted by Crippen LogP contribution is -2.07. The predicted octanol–water partition coefficient (Wildman–Crippen LogP) is 2.51. The highest BCUT2D eigenvalue weighted by molar-refractivity contribution is 5.95. The van der Waals surface area contributed by atoms with E-state index in [0.29, 0.717) is 23.3 Å². The average molecular weight is 311 g/mol. The second kappa shape index (κ2) is 6.08. The van der Waals surface area contributed by atoms with Crippen LogP contribution < -0.4 is 0 Å². The largest absolute Gasteiger partial charge is 0.493 e. The van der Waals surface area contributed by atoms with Crippen molar-refractivity contribution in [2.45, 2.75) is 20.3 Å². The first-order chi connectivity index (χ1) is 11.1. The van der Waals surface area contributed by atoms with Crippen molar-refractivity contribution in [3.63, 3.8) is 0 Å². The molecule has 1 N–H and O–H groups in total. The van der Waals surface area contributed by atoms with Gasteiger partial charge in [0.2, 0.25) is 5.88 Å². The number of fused-ring (bicyclic) bond motifs is 1. The minimum absolute atomic E-state index is 0.00750. The number of rotatable bonds is 4. The fourth-order valence-electron chi connectivity index (χ4n) is 2.48. The summed E-state index contributed by atoms with van der Waals surface area (Å²) in [5.74, 6) is -0.503. The van der Waals surface area contributed by atoms with E-state index in [2.05, 4.69) is 10.1 Å². The normalized spacial score (nSPS) is 10.9. The quantitative estimate of drug-likeness (QED) is 0.749. The third kappa shape index (κ3) is 2.75. The third-order valence-corrected chi connectivity index (χ3v) is 3.64. The van der Waals surface area contributed by atoms with Crippen LogP contribution in [0, 0.1) is 6.92 Å². The molecule has 0 saturated heterocycles. The molecule has 0 saturated carbocycles. The minimum atomic E-state index is -0.496. The van der Waals surface area contributed by atoms with Crippen LogP contribution in [0.3, 0.4) is 0 Å². The Labute approximate surface area is 133 Å².